The van der Waals surface area contributed by atoms with Gasteiger partial charge in [-0.2, -0.15) is 10.1 Å². The SMILES string of the molecule is Cn1ncnc1NCCNc1noc(-c2ccc(Cl)cc2)c1C(=O)O. The second-order valence-corrected chi connectivity index (χ2v) is 5.54. The second-order valence-electron chi connectivity index (χ2n) is 5.11. The van der Waals surface area contributed by atoms with Gasteiger partial charge in [0.2, 0.25) is 5.95 Å². The van der Waals surface area contributed by atoms with Gasteiger partial charge in [-0.3, -0.25) is 0 Å². The molecule has 0 amide bonds. The third-order valence-corrected chi connectivity index (χ3v) is 3.68. The summed E-state index contributed by atoms with van der Waals surface area (Å²) in [5.74, 6) is -0.178. The van der Waals surface area contributed by atoms with E-state index >= 15 is 0 Å². The van der Waals surface area contributed by atoms with Crippen molar-refractivity contribution in [2.45, 2.75) is 0 Å². The molecule has 25 heavy (non-hydrogen) atoms. The number of rotatable bonds is 7. The predicted octanol–water partition coefficient (Wildman–Crippen LogP) is 2.35. The van der Waals surface area contributed by atoms with Gasteiger partial charge in [0, 0.05) is 30.7 Å². The van der Waals surface area contributed by atoms with Crippen LogP contribution in [0.4, 0.5) is 11.8 Å². The molecule has 3 rings (SSSR count). The van der Waals surface area contributed by atoms with Crippen LogP contribution < -0.4 is 10.6 Å². The number of aryl methyl sites for hydroxylation is 1. The van der Waals surface area contributed by atoms with E-state index in [-0.39, 0.29) is 17.1 Å². The summed E-state index contributed by atoms with van der Waals surface area (Å²) in [7, 11) is 1.77. The number of benzene rings is 1. The largest absolute Gasteiger partial charge is 0.477 e. The number of aromatic carboxylic acids is 1. The maximum atomic E-state index is 11.6. The molecule has 3 aromatic rings. The molecule has 0 fully saturated rings. The number of anilines is 2. The molecular weight excluding hydrogens is 348 g/mol. The van der Waals surface area contributed by atoms with Gasteiger partial charge in [0.25, 0.3) is 0 Å². The summed E-state index contributed by atoms with van der Waals surface area (Å²) in [5, 5.41) is 23.8. The highest BCUT2D eigenvalue weighted by Gasteiger charge is 2.23. The Morgan fingerprint density at radius 1 is 1.28 bits per heavy atom. The fourth-order valence-corrected chi connectivity index (χ4v) is 2.34. The molecule has 0 saturated carbocycles. The Morgan fingerprint density at radius 2 is 2.00 bits per heavy atom. The number of aromatic nitrogens is 4. The van der Waals surface area contributed by atoms with Crippen molar-refractivity contribution in [2.75, 3.05) is 23.7 Å². The molecule has 0 atom stereocenters. The lowest BCUT2D eigenvalue weighted by atomic mass is 10.1. The van der Waals surface area contributed by atoms with Gasteiger partial charge in [-0.1, -0.05) is 16.8 Å². The van der Waals surface area contributed by atoms with E-state index in [1.54, 1.807) is 36.0 Å². The summed E-state index contributed by atoms with van der Waals surface area (Å²) in [4.78, 5) is 15.6. The number of carboxylic acid groups (broad SMARTS) is 1. The first-order valence-electron chi connectivity index (χ1n) is 7.37. The molecule has 10 heteroatoms. The van der Waals surface area contributed by atoms with E-state index in [0.717, 1.165) is 0 Å². The fraction of sp³-hybridized carbons (Fsp3) is 0.200. The molecule has 0 aliphatic carbocycles. The van der Waals surface area contributed by atoms with Crippen molar-refractivity contribution < 1.29 is 14.4 Å². The first-order chi connectivity index (χ1) is 12.1. The molecule has 2 heterocycles. The summed E-state index contributed by atoms with van der Waals surface area (Å²) >= 11 is 5.85. The van der Waals surface area contributed by atoms with Gasteiger partial charge in [-0.15, -0.1) is 0 Å². The number of carboxylic acids is 1. The average Bonchev–Trinajstić information content (AvgIpc) is 3.19. The summed E-state index contributed by atoms with van der Waals surface area (Å²) in [5.41, 5.74) is 0.556. The maximum Gasteiger partial charge on any atom is 0.343 e. The molecule has 9 nitrogen and oxygen atoms in total. The quantitative estimate of drug-likeness (QED) is 0.548. The van der Waals surface area contributed by atoms with E-state index in [2.05, 4.69) is 25.9 Å². The normalized spacial score (nSPS) is 10.6. The topological polar surface area (TPSA) is 118 Å². The van der Waals surface area contributed by atoms with Crippen LogP contribution in [0.2, 0.25) is 5.02 Å². The highest BCUT2D eigenvalue weighted by atomic mass is 35.5. The van der Waals surface area contributed by atoms with Gasteiger partial charge >= 0.3 is 5.97 Å². The lowest BCUT2D eigenvalue weighted by Gasteiger charge is -2.06. The standard InChI is InChI=1S/C15H15ClN6O3/c1-22-15(19-8-20-22)18-7-6-17-13-11(14(23)24)12(25-21-13)9-2-4-10(16)5-3-9/h2-5,8H,6-7H2,1H3,(H,17,21)(H,23,24)(H,18,19,20). The summed E-state index contributed by atoms with van der Waals surface area (Å²) in [6, 6.07) is 6.66. The maximum absolute atomic E-state index is 11.6. The van der Waals surface area contributed by atoms with Gasteiger partial charge in [-0.05, 0) is 24.3 Å². The smallest absolute Gasteiger partial charge is 0.343 e. The predicted molar refractivity (Wildman–Crippen MR) is 91.9 cm³/mol. The number of carbonyl (C=O) groups is 1. The third kappa shape index (κ3) is 3.72. The van der Waals surface area contributed by atoms with E-state index in [4.69, 9.17) is 16.1 Å². The molecular formula is C15H15ClN6O3. The molecule has 2 aromatic heterocycles. The minimum absolute atomic E-state index is 0.0269. The summed E-state index contributed by atoms with van der Waals surface area (Å²) in [6.45, 7) is 0.911. The van der Waals surface area contributed by atoms with Crippen molar-refractivity contribution in [2.24, 2.45) is 7.05 Å². The molecule has 0 unspecified atom stereocenters. The van der Waals surface area contributed by atoms with Crippen LogP contribution in [0.3, 0.4) is 0 Å². The van der Waals surface area contributed by atoms with Gasteiger partial charge < -0.3 is 20.3 Å². The number of hydrogen-bond acceptors (Lipinski definition) is 7. The van der Waals surface area contributed by atoms with Crippen molar-refractivity contribution in [3.8, 4) is 11.3 Å². The van der Waals surface area contributed by atoms with Crippen LogP contribution in [0.5, 0.6) is 0 Å². The van der Waals surface area contributed by atoms with Crippen LogP contribution in [0, 0.1) is 0 Å². The van der Waals surface area contributed by atoms with E-state index < -0.39 is 5.97 Å². The zero-order valence-electron chi connectivity index (χ0n) is 13.2. The van der Waals surface area contributed by atoms with Crippen molar-refractivity contribution >= 4 is 29.3 Å². The van der Waals surface area contributed by atoms with Gasteiger partial charge in [0.1, 0.15) is 6.33 Å². The Bertz CT molecular complexity index is 874. The molecule has 0 aliphatic rings. The zero-order valence-corrected chi connectivity index (χ0v) is 14.0. The fourth-order valence-electron chi connectivity index (χ4n) is 2.22. The lowest BCUT2D eigenvalue weighted by Crippen LogP contribution is -2.17. The lowest BCUT2D eigenvalue weighted by molar-refractivity contribution is 0.0698. The van der Waals surface area contributed by atoms with Crippen molar-refractivity contribution in [3.63, 3.8) is 0 Å². The first kappa shape index (κ1) is 16.8. The highest BCUT2D eigenvalue weighted by molar-refractivity contribution is 6.30. The van der Waals surface area contributed by atoms with Gasteiger partial charge in [-0.25, -0.2) is 9.48 Å². The van der Waals surface area contributed by atoms with E-state index in [0.29, 0.717) is 29.6 Å². The summed E-state index contributed by atoms with van der Waals surface area (Å²) in [6.07, 6.45) is 1.44. The van der Waals surface area contributed by atoms with E-state index in [1.165, 1.54) is 6.33 Å². The van der Waals surface area contributed by atoms with Crippen LogP contribution in [0.1, 0.15) is 10.4 Å². The van der Waals surface area contributed by atoms with Crippen molar-refractivity contribution in [3.05, 3.63) is 41.2 Å². The number of nitrogens with one attached hydrogen (secondary N) is 2. The van der Waals surface area contributed by atoms with E-state index in [9.17, 15) is 9.90 Å². The first-order valence-corrected chi connectivity index (χ1v) is 7.74. The van der Waals surface area contributed by atoms with Gasteiger partial charge in [0.15, 0.2) is 17.1 Å². The van der Waals surface area contributed by atoms with E-state index in [1.807, 2.05) is 0 Å². The Kier molecular flexibility index (Phi) is 4.85. The van der Waals surface area contributed by atoms with Gasteiger partial charge in [0.05, 0.1) is 0 Å². The zero-order chi connectivity index (χ0) is 17.8. The molecule has 0 aliphatic heterocycles. The number of halogens is 1. The molecule has 0 radical (unpaired) electrons. The van der Waals surface area contributed by atoms with Crippen LogP contribution in [-0.4, -0.2) is 44.1 Å². The molecule has 0 bridgehead atoms. The molecule has 3 N–H and O–H groups in total. The molecule has 0 spiro atoms. The van der Waals surface area contributed by atoms with Crippen LogP contribution >= 0.6 is 11.6 Å². The Balaban J connectivity index is 1.70. The van der Waals surface area contributed by atoms with Crippen LogP contribution in [0.15, 0.2) is 35.1 Å². The third-order valence-electron chi connectivity index (χ3n) is 3.42. The molecule has 0 saturated heterocycles. The van der Waals surface area contributed by atoms with Crippen LogP contribution in [0.25, 0.3) is 11.3 Å². The monoisotopic (exact) mass is 362 g/mol. The number of nitrogens with zero attached hydrogens (tertiary/aromatic N) is 4. The minimum atomic E-state index is -1.13. The Morgan fingerprint density at radius 3 is 2.64 bits per heavy atom. The Hall–Kier alpha value is -3.07. The Labute approximate surface area is 147 Å². The summed E-state index contributed by atoms with van der Waals surface area (Å²) < 4.78 is 6.82. The van der Waals surface area contributed by atoms with Crippen molar-refractivity contribution in [1.29, 1.82) is 0 Å². The average molecular weight is 363 g/mol. The minimum Gasteiger partial charge on any atom is -0.477 e. The number of hydrogen-bond donors (Lipinski definition) is 3. The van der Waals surface area contributed by atoms with Crippen LogP contribution in [-0.2, 0) is 7.05 Å². The highest BCUT2D eigenvalue weighted by Crippen LogP contribution is 2.30. The van der Waals surface area contributed by atoms with Crippen molar-refractivity contribution in [1.82, 2.24) is 19.9 Å². The molecule has 1 aromatic carbocycles. The molecule has 130 valence electrons. The second kappa shape index (κ2) is 7.22.